The molecule has 0 amide bonds. The molecule has 0 bridgehead atoms. The lowest BCUT2D eigenvalue weighted by molar-refractivity contribution is -0.143. The molecule has 0 heterocycles. The molecule has 2 aromatic carbocycles. The highest BCUT2D eigenvalue weighted by molar-refractivity contribution is 7.89. The summed E-state index contributed by atoms with van der Waals surface area (Å²) in [6.45, 7) is 0.120. The second-order valence-corrected chi connectivity index (χ2v) is 6.45. The lowest BCUT2D eigenvalue weighted by atomic mass is 10.1. The molecule has 0 unspecified atom stereocenters. The quantitative estimate of drug-likeness (QED) is 0.603. The average molecular weight is 353 g/mol. The van der Waals surface area contributed by atoms with Crippen molar-refractivity contribution in [2.45, 2.75) is 11.3 Å². The molecule has 0 saturated carbocycles. The van der Waals surface area contributed by atoms with Gasteiger partial charge in [-0.05, 0) is 42.0 Å². The number of hydrogen-bond donors (Lipinski definition) is 1. The summed E-state index contributed by atoms with van der Waals surface area (Å²) in [4.78, 5) is 11.6. The van der Waals surface area contributed by atoms with E-state index in [9.17, 15) is 17.6 Å². The van der Waals surface area contributed by atoms with Crippen molar-refractivity contribution in [2.75, 3.05) is 13.2 Å². The van der Waals surface area contributed by atoms with E-state index in [4.69, 9.17) is 14.6 Å². The zero-order valence-corrected chi connectivity index (χ0v) is 13.5. The van der Waals surface area contributed by atoms with Gasteiger partial charge in [0.2, 0.25) is 10.0 Å². The first-order valence-corrected chi connectivity index (χ1v) is 8.55. The van der Waals surface area contributed by atoms with E-state index in [1.807, 2.05) is 0 Å². The van der Waals surface area contributed by atoms with Crippen LogP contribution in [-0.2, 0) is 26.0 Å². The van der Waals surface area contributed by atoms with Gasteiger partial charge in [0.05, 0.1) is 11.3 Å². The molecule has 2 rings (SSSR count). The number of benzene rings is 2. The van der Waals surface area contributed by atoms with E-state index >= 15 is 0 Å². The fourth-order valence-corrected chi connectivity index (χ4v) is 2.42. The molecule has 8 heteroatoms. The Balaban J connectivity index is 1.73. The maximum absolute atomic E-state index is 13.0. The number of sulfonamides is 1. The first kappa shape index (κ1) is 17.9. The highest BCUT2D eigenvalue weighted by Gasteiger charge is 2.08. The first-order valence-electron chi connectivity index (χ1n) is 7.00. The van der Waals surface area contributed by atoms with Crippen LogP contribution >= 0.6 is 0 Å². The summed E-state index contributed by atoms with van der Waals surface area (Å²) in [5.74, 6) is -0.482. The highest BCUT2D eigenvalue weighted by Crippen LogP contribution is 2.14. The molecule has 0 spiro atoms. The molecule has 2 aromatic rings. The zero-order valence-electron chi connectivity index (χ0n) is 12.6. The van der Waals surface area contributed by atoms with Crippen LogP contribution < -0.4 is 9.88 Å². The predicted molar refractivity (Wildman–Crippen MR) is 84.4 cm³/mol. The van der Waals surface area contributed by atoms with E-state index in [-0.39, 0.29) is 24.5 Å². The van der Waals surface area contributed by atoms with Gasteiger partial charge in [0, 0.05) is 0 Å². The molecular formula is C16H16FNO5S. The van der Waals surface area contributed by atoms with Crippen LogP contribution in [-0.4, -0.2) is 27.6 Å². The minimum absolute atomic E-state index is 0.0172. The van der Waals surface area contributed by atoms with Crippen molar-refractivity contribution in [1.29, 1.82) is 0 Å². The Morgan fingerprint density at radius 3 is 2.42 bits per heavy atom. The summed E-state index contributed by atoms with van der Waals surface area (Å²) in [6.07, 6.45) is -0.0270. The van der Waals surface area contributed by atoms with Crippen molar-refractivity contribution in [3.63, 3.8) is 0 Å². The van der Waals surface area contributed by atoms with E-state index in [1.54, 1.807) is 6.07 Å². The maximum atomic E-state index is 13.0. The molecular weight excluding hydrogens is 337 g/mol. The van der Waals surface area contributed by atoms with Crippen LogP contribution in [0.25, 0.3) is 0 Å². The fraction of sp³-hybridized carbons (Fsp3) is 0.188. The Bertz CT molecular complexity index is 805. The van der Waals surface area contributed by atoms with Crippen LogP contribution in [0.5, 0.6) is 5.75 Å². The minimum atomic E-state index is -3.74. The maximum Gasteiger partial charge on any atom is 0.310 e. The third-order valence-corrected chi connectivity index (χ3v) is 3.93. The topological polar surface area (TPSA) is 95.7 Å². The number of ether oxygens (including phenoxy) is 2. The van der Waals surface area contributed by atoms with Crippen molar-refractivity contribution in [3.8, 4) is 5.75 Å². The number of esters is 1. The molecule has 0 saturated heterocycles. The summed E-state index contributed by atoms with van der Waals surface area (Å²) in [5.41, 5.74) is 0.527. The standard InChI is InChI=1S/C16H16FNO5S/c17-13-3-1-2-12(10-13)11-16(19)23-9-8-22-14-4-6-15(7-5-14)24(18,20)21/h1-7,10H,8-9,11H2,(H2,18,20,21). The third kappa shape index (κ3) is 5.64. The van der Waals surface area contributed by atoms with Crippen molar-refractivity contribution >= 4 is 16.0 Å². The molecule has 0 fully saturated rings. The van der Waals surface area contributed by atoms with Crippen molar-refractivity contribution in [1.82, 2.24) is 0 Å². The van der Waals surface area contributed by atoms with Gasteiger partial charge in [-0.2, -0.15) is 0 Å². The van der Waals surface area contributed by atoms with Gasteiger partial charge in [0.25, 0.3) is 0 Å². The van der Waals surface area contributed by atoms with Crippen LogP contribution in [0.4, 0.5) is 4.39 Å². The number of hydrogen-bond acceptors (Lipinski definition) is 5. The second-order valence-electron chi connectivity index (χ2n) is 4.89. The van der Waals surface area contributed by atoms with E-state index in [0.717, 1.165) is 0 Å². The molecule has 128 valence electrons. The molecule has 0 aromatic heterocycles. The first-order chi connectivity index (χ1) is 11.3. The lowest BCUT2D eigenvalue weighted by Gasteiger charge is -2.08. The Kier molecular flexibility index (Phi) is 5.88. The summed E-state index contributed by atoms with van der Waals surface area (Å²) < 4.78 is 45.5. The van der Waals surface area contributed by atoms with Gasteiger partial charge in [-0.25, -0.2) is 17.9 Å². The smallest absolute Gasteiger partial charge is 0.310 e. The summed E-state index contributed by atoms with van der Waals surface area (Å²) in [5, 5.41) is 4.98. The Morgan fingerprint density at radius 1 is 1.08 bits per heavy atom. The molecule has 24 heavy (non-hydrogen) atoms. The summed E-state index contributed by atoms with van der Waals surface area (Å²) in [6, 6.07) is 11.3. The Labute approximate surface area is 139 Å². The Hall–Kier alpha value is -2.45. The van der Waals surface area contributed by atoms with E-state index in [0.29, 0.717) is 11.3 Å². The van der Waals surface area contributed by atoms with Gasteiger partial charge < -0.3 is 9.47 Å². The van der Waals surface area contributed by atoms with Crippen molar-refractivity contribution < 1.29 is 27.1 Å². The molecule has 0 radical (unpaired) electrons. The number of nitrogens with two attached hydrogens (primary N) is 1. The van der Waals surface area contributed by atoms with E-state index in [2.05, 4.69) is 0 Å². The van der Waals surface area contributed by atoms with E-state index < -0.39 is 21.8 Å². The second kappa shape index (κ2) is 7.89. The van der Waals surface area contributed by atoms with E-state index in [1.165, 1.54) is 42.5 Å². The minimum Gasteiger partial charge on any atom is -0.490 e. The largest absolute Gasteiger partial charge is 0.490 e. The van der Waals surface area contributed by atoms with Gasteiger partial charge in [-0.15, -0.1) is 0 Å². The molecule has 0 aliphatic carbocycles. The Morgan fingerprint density at radius 2 is 1.79 bits per heavy atom. The number of halogens is 1. The lowest BCUT2D eigenvalue weighted by Crippen LogP contribution is -2.14. The SMILES string of the molecule is NS(=O)(=O)c1ccc(OCCOC(=O)Cc2cccc(F)c2)cc1. The van der Waals surface area contributed by atoms with Crippen LogP contribution in [0, 0.1) is 5.82 Å². The van der Waals surface area contributed by atoms with Crippen LogP contribution in [0.3, 0.4) is 0 Å². The molecule has 0 atom stereocenters. The summed E-state index contributed by atoms with van der Waals surface area (Å²) in [7, 11) is -3.74. The normalized spacial score (nSPS) is 11.1. The molecule has 0 aliphatic rings. The highest BCUT2D eigenvalue weighted by atomic mass is 32.2. The van der Waals surface area contributed by atoms with Gasteiger partial charge in [0.15, 0.2) is 0 Å². The monoisotopic (exact) mass is 353 g/mol. The van der Waals surface area contributed by atoms with Crippen molar-refractivity contribution in [2.24, 2.45) is 5.14 Å². The number of rotatable bonds is 7. The van der Waals surface area contributed by atoms with Gasteiger partial charge in [-0.3, -0.25) is 4.79 Å². The van der Waals surface area contributed by atoms with Gasteiger partial charge >= 0.3 is 5.97 Å². The third-order valence-electron chi connectivity index (χ3n) is 3.00. The fourth-order valence-electron chi connectivity index (χ4n) is 1.91. The number of primary sulfonamides is 1. The summed E-state index contributed by atoms with van der Waals surface area (Å²) >= 11 is 0. The van der Waals surface area contributed by atoms with Crippen LogP contribution in [0.1, 0.15) is 5.56 Å². The zero-order chi connectivity index (χ0) is 17.6. The van der Waals surface area contributed by atoms with Crippen LogP contribution in [0.2, 0.25) is 0 Å². The average Bonchev–Trinajstić information content (AvgIpc) is 2.51. The van der Waals surface area contributed by atoms with Gasteiger partial charge in [0.1, 0.15) is 24.8 Å². The predicted octanol–water partition coefficient (Wildman–Crippen LogP) is 1.64. The van der Waals surface area contributed by atoms with Crippen LogP contribution in [0.15, 0.2) is 53.4 Å². The molecule has 0 aliphatic heterocycles. The van der Waals surface area contributed by atoms with Gasteiger partial charge in [-0.1, -0.05) is 12.1 Å². The molecule has 2 N–H and O–H groups in total. The van der Waals surface area contributed by atoms with Crippen molar-refractivity contribution in [3.05, 3.63) is 59.9 Å². The number of carbonyl (C=O) groups excluding carboxylic acids is 1. The number of carbonyl (C=O) groups is 1. The molecule has 6 nitrogen and oxygen atoms in total.